The molecule has 0 aromatic rings. The van der Waals surface area contributed by atoms with Crippen LogP contribution >= 0.6 is 0 Å². The van der Waals surface area contributed by atoms with Gasteiger partial charge >= 0.3 is 0 Å². The molecule has 0 spiro atoms. The molecular weight excluding hydrogens is 176 g/mol. The SMILES string of the molecule is CC(C)(C)CC(=O)NCC1CCCN1. The molecule has 1 rings (SSSR count). The number of hydrogen-bond acceptors (Lipinski definition) is 2. The summed E-state index contributed by atoms with van der Waals surface area (Å²) in [5, 5.41) is 6.34. The summed E-state index contributed by atoms with van der Waals surface area (Å²) in [6.07, 6.45) is 3.04. The van der Waals surface area contributed by atoms with E-state index in [0.29, 0.717) is 12.5 Å². The van der Waals surface area contributed by atoms with Gasteiger partial charge in [0.25, 0.3) is 0 Å². The fourth-order valence-electron chi connectivity index (χ4n) is 1.71. The summed E-state index contributed by atoms with van der Waals surface area (Å²) in [7, 11) is 0. The highest BCUT2D eigenvalue weighted by Gasteiger charge is 2.18. The summed E-state index contributed by atoms with van der Waals surface area (Å²) >= 11 is 0. The standard InChI is InChI=1S/C11H22N2O/c1-11(2,3)7-10(14)13-8-9-5-4-6-12-9/h9,12H,4-8H2,1-3H3,(H,13,14). The third kappa shape index (κ3) is 4.61. The fourth-order valence-corrected chi connectivity index (χ4v) is 1.71. The van der Waals surface area contributed by atoms with Crippen LogP contribution in [-0.4, -0.2) is 25.0 Å². The minimum atomic E-state index is 0.0905. The van der Waals surface area contributed by atoms with E-state index in [1.54, 1.807) is 0 Å². The maximum Gasteiger partial charge on any atom is 0.220 e. The normalized spacial score (nSPS) is 22.4. The molecule has 1 atom stereocenters. The summed E-state index contributed by atoms with van der Waals surface area (Å²) < 4.78 is 0. The zero-order valence-corrected chi connectivity index (χ0v) is 9.52. The smallest absolute Gasteiger partial charge is 0.220 e. The van der Waals surface area contributed by atoms with E-state index in [2.05, 4.69) is 31.4 Å². The zero-order valence-electron chi connectivity index (χ0n) is 9.52. The van der Waals surface area contributed by atoms with Gasteiger partial charge in [0.1, 0.15) is 0 Å². The zero-order chi connectivity index (χ0) is 10.6. The number of carbonyl (C=O) groups excluding carboxylic acids is 1. The van der Waals surface area contributed by atoms with Gasteiger partial charge in [0, 0.05) is 19.0 Å². The van der Waals surface area contributed by atoms with Crippen molar-refractivity contribution >= 4 is 5.91 Å². The molecule has 1 heterocycles. The predicted octanol–water partition coefficient (Wildman–Crippen LogP) is 1.29. The van der Waals surface area contributed by atoms with Crippen LogP contribution in [0.5, 0.6) is 0 Å². The molecule has 0 aromatic carbocycles. The van der Waals surface area contributed by atoms with Crippen LogP contribution < -0.4 is 10.6 Å². The Morgan fingerprint density at radius 3 is 2.71 bits per heavy atom. The Balaban J connectivity index is 2.14. The first-order chi connectivity index (χ1) is 6.47. The summed E-state index contributed by atoms with van der Waals surface area (Å²) in [6.45, 7) is 8.13. The van der Waals surface area contributed by atoms with Crippen LogP contribution in [0.3, 0.4) is 0 Å². The molecule has 3 heteroatoms. The topological polar surface area (TPSA) is 41.1 Å². The van der Waals surface area contributed by atoms with Crippen LogP contribution in [0.2, 0.25) is 0 Å². The van der Waals surface area contributed by atoms with Gasteiger partial charge in [0.2, 0.25) is 5.91 Å². The minimum Gasteiger partial charge on any atom is -0.355 e. The summed E-state index contributed by atoms with van der Waals surface area (Å²) in [4.78, 5) is 11.5. The Morgan fingerprint density at radius 2 is 2.21 bits per heavy atom. The number of carbonyl (C=O) groups is 1. The van der Waals surface area contributed by atoms with Gasteiger partial charge in [0.05, 0.1) is 0 Å². The van der Waals surface area contributed by atoms with E-state index in [-0.39, 0.29) is 11.3 Å². The summed E-state index contributed by atoms with van der Waals surface area (Å²) in [5.41, 5.74) is 0.0905. The maximum atomic E-state index is 11.5. The van der Waals surface area contributed by atoms with E-state index in [1.807, 2.05) is 0 Å². The molecule has 1 fully saturated rings. The third-order valence-corrected chi connectivity index (χ3v) is 2.40. The number of amides is 1. The Hall–Kier alpha value is -0.570. The quantitative estimate of drug-likeness (QED) is 0.717. The Kier molecular flexibility index (Phi) is 3.93. The van der Waals surface area contributed by atoms with Crippen molar-refractivity contribution < 1.29 is 4.79 Å². The molecule has 1 aliphatic heterocycles. The van der Waals surface area contributed by atoms with Gasteiger partial charge in [-0.05, 0) is 24.8 Å². The second-order valence-corrected chi connectivity index (χ2v) is 5.33. The molecule has 1 saturated heterocycles. The summed E-state index contributed by atoms with van der Waals surface area (Å²) in [5.74, 6) is 0.172. The lowest BCUT2D eigenvalue weighted by molar-refractivity contribution is -0.122. The van der Waals surface area contributed by atoms with Gasteiger partial charge in [-0.1, -0.05) is 20.8 Å². The van der Waals surface area contributed by atoms with Gasteiger partial charge in [-0.15, -0.1) is 0 Å². The van der Waals surface area contributed by atoms with Gasteiger partial charge in [-0.2, -0.15) is 0 Å². The maximum absolute atomic E-state index is 11.5. The first-order valence-corrected chi connectivity index (χ1v) is 5.47. The molecule has 3 nitrogen and oxygen atoms in total. The molecular formula is C11H22N2O. The molecule has 82 valence electrons. The molecule has 1 aliphatic rings. The van der Waals surface area contributed by atoms with Gasteiger partial charge in [-0.25, -0.2) is 0 Å². The van der Waals surface area contributed by atoms with Crippen LogP contribution in [0.25, 0.3) is 0 Å². The molecule has 0 aromatic heterocycles. The first-order valence-electron chi connectivity index (χ1n) is 5.47. The minimum absolute atomic E-state index is 0.0905. The molecule has 1 unspecified atom stereocenters. The van der Waals surface area contributed by atoms with Crippen molar-refractivity contribution in [1.29, 1.82) is 0 Å². The van der Waals surface area contributed by atoms with Crippen LogP contribution in [0.15, 0.2) is 0 Å². The van der Waals surface area contributed by atoms with E-state index >= 15 is 0 Å². The molecule has 0 saturated carbocycles. The number of hydrogen-bond donors (Lipinski definition) is 2. The average molecular weight is 198 g/mol. The fraction of sp³-hybridized carbons (Fsp3) is 0.909. The van der Waals surface area contributed by atoms with E-state index in [4.69, 9.17) is 0 Å². The Bertz CT molecular complexity index is 190. The predicted molar refractivity (Wildman–Crippen MR) is 58.1 cm³/mol. The molecule has 0 aliphatic carbocycles. The van der Waals surface area contributed by atoms with Gasteiger partial charge < -0.3 is 10.6 Å². The molecule has 2 N–H and O–H groups in total. The van der Waals surface area contributed by atoms with E-state index < -0.39 is 0 Å². The van der Waals surface area contributed by atoms with Crippen molar-refractivity contribution in [3.05, 3.63) is 0 Å². The van der Waals surface area contributed by atoms with Crippen molar-refractivity contribution in [3.8, 4) is 0 Å². The largest absolute Gasteiger partial charge is 0.355 e. The molecule has 0 bridgehead atoms. The van der Waals surface area contributed by atoms with Gasteiger partial charge in [-0.3, -0.25) is 4.79 Å². The lowest BCUT2D eigenvalue weighted by atomic mass is 9.92. The van der Waals surface area contributed by atoms with Crippen molar-refractivity contribution in [3.63, 3.8) is 0 Å². The van der Waals surface area contributed by atoms with Gasteiger partial charge in [0.15, 0.2) is 0 Å². The van der Waals surface area contributed by atoms with E-state index in [1.165, 1.54) is 12.8 Å². The highest BCUT2D eigenvalue weighted by molar-refractivity contribution is 5.76. The Morgan fingerprint density at radius 1 is 1.50 bits per heavy atom. The van der Waals surface area contributed by atoms with Crippen LogP contribution in [0.1, 0.15) is 40.0 Å². The lowest BCUT2D eigenvalue weighted by Gasteiger charge is -2.18. The average Bonchev–Trinajstić information content (AvgIpc) is 2.49. The second kappa shape index (κ2) is 4.78. The number of nitrogens with one attached hydrogen (secondary N) is 2. The lowest BCUT2D eigenvalue weighted by Crippen LogP contribution is -2.38. The molecule has 14 heavy (non-hydrogen) atoms. The highest BCUT2D eigenvalue weighted by Crippen LogP contribution is 2.17. The Labute approximate surface area is 86.6 Å². The first kappa shape index (κ1) is 11.5. The van der Waals surface area contributed by atoms with Crippen molar-refractivity contribution in [1.82, 2.24) is 10.6 Å². The summed E-state index contributed by atoms with van der Waals surface area (Å²) in [6, 6.07) is 0.499. The van der Waals surface area contributed by atoms with E-state index in [0.717, 1.165) is 13.1 Å². The van der Waals surface area contributed by atoms with Crippen LogP contribution in [0.4, 0.5) is 0 Å². The molecule has 0 radical (unpaired) electrons. The monoisotopic (exact) mass is 198 g/mol. The van der Waals surface area contributed by atoms with Crippen molar-refractivity contribution in [2.24, 2.45) is 5.41 Å². The molecule has 1 amide bonds. The van der Waals surface area contributed by atoms with Crippen LogP contribution in [-0.2, 0) is 4.79 Å². The highest BCUT2D eigenvalue weighted by atomic mass is 16.1. The van der Waals surface area contributed by atoms with E-state index in [9.17, 15) is 4.79 Å². The third-order valence-electron chi connectivity index (χ3n) is 2.40. The van der Waals surface area contributed by atoms with Crippen molar-refractivity contribution in [2.45, 2.75) is 46.1 Å². The number of rotatable bonds is 3. The van der Waals surface area contributed by atoms with Crippen molar-refractivity contribution in [2.75, 3.05) is 13.1 Å². The van der Waals surface area contributed by atoms with Crippen LogP contribution in [0, 0.1) is 5.41 Å². The second-order valence-electron chi connectivity index (χ2n) is 5.33.